The molecule has 7 amide bonds. The van der Waals surface area contributed by atoms with Crippen molar-refractivity contribution in [3.63, 3.8) is 0 Å². The van der Waals surface area contributed by atoms with Crippen LogP contribution in [0.15, 0.2) is 91.4 Å². The highest BCUT2D eigenvalue weighted by Gasteiger charge is 2.30. The van der Waals surface area contributed by atoms with E-state index in [0.29, 0.717) is 45.1 Å². The third kappa shape index (κ3) is 13.8. The van der Waals surface area contributed by atoms with Crippen molar-refractivity contribution in [3.8, 4) is 0 Å². The van der Waals surface area contributed by atoms with E-state index in [-0.39, 0.29) is 67.7 Å². The second kappa shape index (κ2) is 24.4. The van der Waals surface area contributed by atoms with Crippen LogP contribution in [0.2, 0.25) is 0 Å². The predicted molar refractivity (Wildman–Crippen MR) is 262 cm³/mol. The molecule has 17 heteroatoms. The lowest BCUT2D eigenvalue weighted by Gasteiger charge is -2.25. The normalized spacial score (nSPS) is 13.5. The highest BCUT2D eigenvalue weighted by molar-refractivity contribution is 5.94. The summed E-state index contributed by atoms with van der Waals surface area (Å²) in [5.41, 5.74) is 11.0. The van der Waals surface area contributed by atoms with Crippen molar-refractivity contribution in [2.45, 2.75) is 109 Å². The molecule has 0 saturated heterocycles. The summed E-state index contributed by atoms with van der Waals surface area (Å²) in [5.74, 6) is -3.07. The van der Waals surface area contributed by atoms with Gasteiger partial charge in [0, 0.05) is 103 Å². The van der Waals surface area contributed by atoms with Gasteiger partial charge in [-0.1, -0.05) is 74.9 Å². The van der Waals surface area contributed by atoms with E-state index in [1.807, 2.05) is 99.0 Å². The number of carbonyl (C=O) groups excluding carboxylic acids is 7. The Bertz CT molecular complexity index is 2700. The summed E-state index contributed by atoms with van der Waals surface area (Å²) in [4.78, 5) is 101. The van der Waals surface area contributed by atoms with Crippen LogP contribution in [0.25, 0.3) is 32.7 Å². The fourth-order valence-corrected chi connectivity index (χ4v) is 8.44. The maximum atomic E-state index is 13.7. The van der Waals surface area contributed by atoms with Gasteiger partial charge >= 0.3 is 0 Å². The molecule has 0 aliphatic rings. The third-order valence-corrected chi connectivity index (χ3v) is 12.4. The zero-order valence-corrected chi connectivity index (χ0v) is 39.0. The first-order valence-electron chi connectivity index (χ1n) is 23.5. The molecule has 0 aliphatic heterocycles. The van der Waals surface area contributed by atoms with Gasteiger partial charge in [0.15, 0.2) is 0 Å². The molecule has 3 heterocycles. The van der Waals surface area contributed by atoms with Crippen molar-refractivity contribution in [1.82, 2.24) is 46.9 Å². The number of nitrogens with one attached hydrogen (secondary N) is 9. The molecular formula is C51H64N10O7. The second-order valence-corrected chi connectivity index (χ2v) is 17.5. The molecule has 68 heavy (non-hydrogen) atoms. The minimum atomic E-state index is -0.982. The molecule has 17 nitrogen and oxygen atoms in total. The number of amides is 7. The predicted octanol–water partition coefficient (Wildman–Crippen LogP) is 4.22. The number of nitrogens with two attached hydrogens (primary N) is 1. The number of carbonyl (C=O) groups is 7. The van der Waals surface area contributed by atoms with Crippen LogP contribution < -0.4 is 37.6 Å². The summed E-state index contributed by atoms with van der Waals surface area (Å²) >= 11 is 0. The Morgan fingerprint density at radius 2 is 0.912 bits per heavy atom. The van der Waals surface area contributed by atoms with E-state index in [9.17, 15) is 33.6 Å². The number of rotatable bonds is 26. The zero-order chi connectivity index (χ0) is 48.6. The topological polar surface area (TPSA) is 265 Å². The molecule has 11 N–H and O–H groups in total. The summed E-state index contributed by atoms with van der Waals surface area (Å²) in [5, 5.41) is 19.9. The minimum absolute atomic E-state index is 0.0755. The van der Waals surface area contributed by atoms with Crippen molar-refractivity contribution < 1.29 is 33.6 Å². The Kier molecular flexibility index (Phi) is 17.9. The van der Waals surface area contributed by atoms with Gasteiger partial charge in [-0.2, -0.15) is 0 Å². The van der Waals surface area contributed by atoms with Gasteiger partial charge in [0.25, 0.3) is 0 Å². The monoisotopic (exact) mass is 928 g/mol. The number of primary amides is 1. The van der Waals surface area contributed by atoms with Crippen molar-refractivity contribution in [2.75, 3.05) is 13.1 Å². The number of hydrogen-bond donors (Lipinski definition) is 10. The Morgan fingerprint density at radius 1 is 0.529 bits per heavy atom. The first-order chi connectivity index (χ1) is 32.8. The Balaban J connectivity index is 0.988. The number of fused-ring (bicyclic) bond motifs is 3. The molecule has 0 radical (unpaired) electrons. The van der Waals surface area contributed by atoms with E-state index in [2.05, 4.69) is 46.9 Å². The van der Waals surface area contributed by atoms with Crippen LogP contribution in [0.3, 0.4) is 0 Å². The Hall–Kier alpha value is -7.43. The number of benzene rings is 3. The molecule has 360 valence electrons. The molecule has 0 unspecified atom stereocenters. The van der Waals surface area contributed by atoms with Crippen LogP contribution in [0.4, 0.5) is 0 Å². The van der Waals surface area contributed by atoms with Crippen molar-refractivity contribution in [2.24, 2.45) is 11.7 Å². The Morgan fingerprint density at radius 3 is 1.29 bits per heavy atom. The number of hydrogen-bond acceptors (Lipinski definition) is 7. The molecule has 6 aromatic rings. The number of H-pyrrole nitrogens is 3. The van der Waals surface area contributed by atoms with Gasteiger partial charge in [0.05, 0.1) is 0 Å². The third-order valence-electron chi connectivity index (χ3n) is 12.4. The van der Waals surface area contributed by atoms with Gasteiger partial charge in [-0.3, -0.25) is 33.6 Å². The largest absolute Gasteiger partial charge is 0.368 e. The summed E-state index contributed by atoms with van der Waals surface area (Å²) in [7, 11) is 0. The first-order valence-corrected chi connectivity index (χ1v) is 23.5. The molecule has 5 atom stereocenters. The SMILES string of the molecule is CC[C@H](C)[C@H](NC(=O)[C@H](Cc1c[nH]c2ccccc12)NC(=O)CCCCNC(=O)[C@H](Cc1c[nH]c2ccccc12)NC(=O)CCCCNC(=O)[C@H](Cc1c[nH]c2ccccc12)NC(C)=O)C(N)=O. The van der Waals surface area contributed by atoms with E-state index in [4.69, 9.17) is 5.73 Å². The van der Waals surface area contributed by atoms with E-state index >= 15 is 0 Å². The number of aromatic amines is 3. The highest BCUT2D eigenvalue weighted by Crippen LogP contribution is 2.22. The summed E-state index contributed by atoms with van der Waals surface area (Å²) in [6, 6.07) is 19.5. The summed E-state index contributed by atoms with van der Waals surface area (Å²) < 4.78 is 0. The van der Waals surface area contributed by atoms with Crippen LogP contribution >= 0.6 is 0 Å². The van der Waals surface area contributed by atoms with E-state index < -0.39 is 36.0 Å². The smallest absolute Gasteiger partial charge is 0.243 e. The van der Waals surface area contributed by atoms with Crippen molar-refractivity contribution in [1.29, 1.82) is 0 Å². The van der Waals surface area contributed by atoms with E-state index in [0.717, 1.165) is 49.4 Å². The lowest BCUT2D eigenvalue weighted by Crippen LogP contribution is -2.55. The maximum absolute atomic E-state index is 13.7. The molecule has 6 rings (SSSR count). The fraction of sp³-hybridized carbons (Fsp3) is 0.392. The van der Waals surface area contributed by atoms with Crippen LogP contribution in [0, 0.1) is 5.92 Å². The fourth-order valence-electron chi connectivity index (χ4n) is 8.44. The molecule has 0 aliphatic carbocycles. The molecule has 3 aromatic heterocycles. The molecule has 0 fully saturated rings. The molecule has 0 bridgehead atoms. The standard InChI is InChI=1S/C51H64N10O7/c1-4-31(2)47(48(52)65)61-51(68)44(27-35-30-57-41-20-10-7-17-38(35)41)60-46(64)22-12-14-24-54-50(67)43(26-34-29-56-40-19-9-6-16-37(34)40)59-45(63)21-11-13-23-53-49(66)42(58-32(3)62)25-33-28-55-39-18-8-5-15-36(33)39/h5-10,15-20,28-31,42-44,47,55-57H,4,11-14,21-27H2,1-3H3,(H2,52,65)(H,53,66)(H,54,67)(H,58,62)(H,59,63)(H,60,64)(H,61,68)/t31-,42-,43-,44-,47-/m0/s1. The second-order valence-electron chi connectivity index (χ2n) is 17.5. The van der Waals surface area contributed by atoms with Gasteiger partial charge in [0.1, 0.15) is 24.2 Å². The van der Waals surface area contributed by atoms with Gasteiger partial charge in [0.2, 0.25) is 41.4 Å². The quantitative estimate of drug-likeness (QED) is 0.0354. The van der Waals surface area contributed by atoms with Crippen LogP contribution in [0.5, 0.6) is 0 Å². The van der Waals surface area contributed by atoms with Gasteiger partial charge < -0.3 is 52.6 Å². The molecule has 0 saturated carbocycles. The highest BCUT2D eigenvalue weighted by atomic mass is 16.2. The van der Waals surface area contributed by atoms with Gasteiger partial charge in [-0.25, -0.2) is 0 Å². The average Bonchev–Trinajstić information content (AvgIpc) is 4.06. The summed E-state index contributed by atoms with van der Waals surface area (Å²) in [6.07, 6.45) is 8.77. The van der Waals surface area contributed by atoms with Crippen LogP contribution in [-0.2, 0) is 52.8 Å². The Labute approximate surface area is 395 Å². The number of para-hydroxylation sites is 3. The molecular weight excluding hydrogens is 865 g/mol. The maximum Gasteiger partial charge on any atom is 0.243 e. The van der Waals surface area contributed by atoms with Crippen molar-refractivity contribution >= 4 is 74.1 Å². The van der Waals surface area contributed by atoms with E-state index in [1.165, 1.54) is 6.92 Å². The van der Waals surface area contributed by atoms with Gasteiger partial charge in [-0.15, -0.1) is 0 Å². The van der Waals surface area contributed by atoms with Crippen LogP contribution in [0.1, 0.15) is 82.4 Å². The molecule has 0 spiro atoms. The molecule has 3 aromatic carbocycles. The minimum Gasteiger partial charge on any atom is -0.368 e. The van der Waals surface area contributed by atoms with Crippen LogP contribution in [-0.4, -0.2) is 93.6 Å². The average molecular weight is 929 g/mol. The lowest BCUT2D eigenvalue weighted by atomic mass is 9.97. The van der Waals surface area contributed by atoms with Crippen molar-refractivity contribution in [3.05, 3.63) is 108 Å². The zero-order valence-electron chi connectivity index (χ0n) is 39.0. The number of aromatic nitrogens is 3. The van der Waals surface area contributed by atoms with Gasteiger partial charge in [-0.05, 0) is 66.5 Å². The number of unbranched alkanes of at least 4 members (excludes halogenated alkanes) is 2. The summed E-state index contributed by atoms with van der Waals surface area (Å²) in [6.45, 7) is 5.62. The lowest BCUT2D eigenvalue weighted by molar-refractivity contribution is -0.132. The van der Waals surface area contributed by atoms with E-state index in [1.54, 1.807) is 6.20 Å². The first kappa shape index (κ1) is 50.0.